The van der Waals surface area contributed by atoms with Crippen LogP contribution in [0.5, 0.6) is 0 Å². The SMILES string of the molecule is CN1CCc2sc(C(=O)NC(CNC(=O)C(=O)Nc3ccc(Cl)cn3)C(=O)N(C)C)cc2C1. The van der Waals surface area contributed by atoms with Crippen molar-refractivity contribution in [3.05, 3.63) is 44.7 Å². The van der Waals surface area contributed by atoms with Crippen LogP contribution in [0, 0.1) is 0 Å². The highest BCUT2D eigenvalue weighted by Gasteiger charge is 2.27. The number of halogens is 1. The van der Waals surface area contributed by atoms with Gasteiger partial charge in [-0.2, -0.15) is 0 Å². The van der Waals surface area contributed by atoms with E-state index < -0.39 is 29.7 Å². The van der Waals surface area contributed by atoms with E-state index in [9.17, 15) is 19.2 Å². The summed E-state index contributed by atoms with van der Waals surface area (Å²) in [4.78, 5) is 58.8. The van der Waals surface area contributed by atoms with Crippen LogP contribution in [0.3, 0.4) is 0 Å². The van der Waals surface area contributed by atoms with Gasteiger partial charge >= 0.3 is 11.8 Å². The number of thiophene rings is 1. The molecule has 33 heavy (non-hydrogen) atoms. The highest BCUT2D eigenvalue weighted by molar-refractivity contribution is 7.14. The van der Waals surface area contributed by atoms with Crippen molar-refractivity contribution >= 4 is 52.4 Å². The molecule has 3 rings (SSSR count). The lowest BCUT2D eigenvalue weighted by Gasteiger charge is -2.21. The maximum Gasteiger partial charge on any atom is 0.314 e. The molecule has 0 spiro atoms. The van der Waals surface area contributed by atoms with Crippen LogP contribution in [0.15, 0.2) is 24.4 Å². The Morgan fingerprint density at radius 3 is 2.67 bits per heavy atom. The van der Waals surface area contributed by atoms with E-state index in [1.54, 1.807) is 14.1 Å². The van der Waals surface area contributed by atoms with E-state index in [-0.39, 0.29) is 12.4 Å². The van der Waals surface area contributed by atoms with Crippen molar-refractivity contribution in [2.24, 2.45) is 0 Å². The fraction of sp³-hybridized carbons (Fsp3) is 0.381. The number of nitrogens with one attached hydrogen (secondary N) is 3. The maximum atomic E-state index is 12.8. The van der Waals surface area contributed by atoms with Gasteiger partial charge in [-0.05, 0) is 37.2 Å². The van der Waals surface area contributed by atoms with Gasteiger partial charge in [-0.25, -0.2) is 4.98 Å². The normalized spacial score (nSPS) is 14.1. The Morgan fingerprint density at radius 2 is 2.00 bits per heavy atom. The second kappa shape index (κ2) is 10.7. The monoisotopic (exact) mass is 492 g/mol. The predicted molar refractivity (Wildman–Crippen MR) is 125 cm³/mol. The first-order valence-electron chi connectivity index (χ1n) is 10.2. The van der Waals surface area contributed by atoms with Crippen LogP contribution in [-0.4, -0.2) is 78.7 Å². The number of carbonyl (C=O) groups is 4. The fourth-order valence-corrected chi connectivity index (χ4v) is 4.40. The van der Waals surface area contributed by atoms with Crippen molar-refractivity contribution in [1.82, 2.24) is 25.4 Å². The zero-order valence-electron chi connectivity index (χ0n) is 18.5. The minimum atomic E-state index is -1.04. The zero-order chi connectivity index (χ0) is 24.1. The molecule has 0 fully saturated rings. The molecule has 0 bridgehead atoms. The summed E-state index contributed by atoms with van der Waals surface area (Å²) in [6.45, 7) is 1.44. The van der Waals surface area contributed by atoms with Gasteiger partial charge in [-0.3, -0.25) is 19.2 Å². The highest BCUT2D eigenvalue weighted by Crippen LogP contribution is 2.27. The average Bonchev–Trinajstić information content (AvgIpc) is 3.20. The number of amides is 4. The summed E-state index contributed by atoms with van der Waals surface area (Å²) < 4.78 is 0. The number of carbonyl (C=O) groups excluding carboxylic acids is 4. The minimum Gasteiger partial charge on any atom is -0.347 e. The van der Waals surface area contributed by atoms with E-state index in [1.165, 1.54) is 34.6 Å². The lowest BCUT2D eigenvalue weighted by molar-refractivity contribution is -0.136. The molecule has 0 aromatic carbocycles. The topological polar surface area (TPSA) is 124 Å². The van der Waals surface area contributed by atoms with Crippen LogP contribution >= 0.6 is 22.9 Å². The molecule has 1 unspecified atom stereocenters. The van der Waals surface area contributed by atoms with E-state index in [0.717, 1.165) is 30.0 Å². The Labute approximate surface area is 200 Å². The van der Waals surface area contributed by atoms with Crippen molar-refractivity contribution < 1.29 is 19.2 Å². The summed E-state index contributed by atoms with van der Waals surface area (Å²) in [6, 6.07) is 3.77. The van der Waals surface area contributed by atoms with Crippen molar-refractivity contribution in [3.8, 4) is 0 Å². The number of hydrogen-bond acceptors (Lipinski definition) is 7. The highest BCUT2D eigenvalue weighted by atomic mass is 35.5. The number of hydrogen-bond donors (Lipinski definition) is 3. The lowest BCUT2D eigenvalue weighted by Crippen LogP contribution is -2.53. The molecule has 0 saturated carbocycles. The van der Waals surface area contributed by atoms with Crippen LogP contribution < -0.4 is 16.0 Å². The van der Waals surface area contributed by atoms with Gasteiger partial charge in [0, 0.05) is 44.8 Å². The molecule has 0 aliphatic carbocycles. The zero-order valence-corrected chi connectivity index (χ0v) is 20.0. The molecule has 2 aromatic heterocycles. The molecule has 1 atom stereocenters. The first-order chi connectivity index (χ1) is 15.6. The van der Waals surface area contributed by atoms with E-state index in [4.69, 9.17) is 11.6 Å². The maximum absolute atomic E-state index is 12.8. The molecule has 12 heteroatoms. The van der Waals surface area contributed by atoms with Gasteiger partial charge in [0.1, 0.15) is 11.9 Å². The second-order valence-electron chi connectivity index (χ2n) is 7.83. The molecule has 10 nitrogen and oxygen atoms in total. The Kier molecular flexibility index (Phi) is 8.01. The fourth-order valence-electron chi connectivity index (χ4n) is 3.23. The Balaban J connectivity index is 1.62. The van der Waals surface area contributed by atoms with E-state index in [0.29, 0.717) is 9.90 Å². The minimum absolute atomic E-state index is 0.154. The molecule has 176 valence electrons. The third kappa shape index (κ3) is 6.50. The lowest BCUT2D eigenvalue weighted by atomic mass is 10.1. The standard InChI is InChI=1S/C21H25ClN6O4S/c1-27(2)21(32)14(10-24-19(30)20(31)26-17-5-4-13(22)9-23-17)25-18(29)16-8-12-11-28(3)7-6-15(12)33-16/h4-5,8-9,14H,6-7,10-11H2,1-3H3,(H,24,30)(H,25,29)(H,23,26,31). The molecule has 1 aliphatic heterocycles. The Hall–Kier alpha value is -3.02. The van der Waals surface area contributed by atoms with E-state index in [2.05, 4.69) is 25.8 Å². The van der Waals surface area contributed by atoms with Gasteiger partial charge in [-0.15, -0.1) is 11.3 Å². The molecule has 4 amide bonds. The Bertz CT molecular complexity index is 1060. The number of nitrogens with zero attached hydrogens (tertiary/aromatic N) is 3. The third-order valence-corrected chi connectivity index (χ3v) is 6.43. The van der Waals surface area contributed by atoms with Crippen molar-refractivity contribution in [3.63, 3.8) is 0 Å². The average molecular weight is 493 g/mol. The molecule has 0 radical (unpaired) electrons. The molecule has 1 aliphatic rings. The first-order valence-corrected chi connectivity index (χ1v) is 11.4. The largest absolute Gasteiger partial charge is 0.347 e. The molecule has 2 aromatic rings. The summed E-state index contributed by atoms with van der Waals surface area (Å²) in [5.41, 5.74) is 1.11. The van der Waals surface area contributed by atoms with Crippen LogP contribution in [0.4, 0.5) is 5.82 Å². The Morgan fingerprint density at radius 1 is 1.24 bits per heavy atom. The van der Waals surface area contributed by atoms with Crippen molar-refractivity contribution in [2.75, 3.05) is 39.5 Å². The third-order valence-electron chi connectivity index (χ3n) is 4.97. The quantitative estimate of drug-likeness (QED) is 0.511. The van der Waals surface area contributed by atoms with Gasteiger partial charge in [-0.1, -0.05) is 11.6 Å². The molecule has 3 heterocycles. The molecular formula is C21H25ClN6O4S. The van der Waals surface area contributed by atoms with Gasteiger partial charge in [0.15, 0.2) is 0 Å². The van der Waals surface area contributed by atoms with Gasteiger partial charge in [0.25, 0.3) is 5.91 Å². The molecule has 3 N–H and O–H groups in total. The number of rotatable bonds is 6. The smallest absolute Gasteiger partial charge is 0.314 e. The molecule has 0 saturated heterocycles. The number of fused-ring (bicyclic) bond motifs is 1. The number of aromatic nitrogens is 1. The van der Waals surface area contributed by atoms with Crippen LogP contribution in [0.2, 0.25) is 5.02 Å². The summed E-state index contributed by atoms with van der Waals surface area (Å²) in [5.74, 6) is -2.58. The van der Waals surface area contributed by atoms with E-state index in [1.807, 2.05) is 13.1 Å². The first kappa shape index (κ1) is 24.6. The second-order valence-corrected chi connectivity index (χ2v) is 9.40. The van der Waals surface area contributed by atoms with Crippen LogP contribution in [0.1, 0.15) is 20.1 Å². The van der Waals surface area contributed by atoms with Gasteiger partial charge in [0.2, 0.25) is 5.91 Å². The van der Waals surface area contributed by atoms with E-state index >= 15 is 0 Å². The van der Waals surface area contributed by atoms with Crippen molar-refractivity contribution in [2.45, 2.75) is 19.0 Å². The molecular weight excluding hydrogens is 468 g/mol. The summed E-state index contributed by atoms with van der Waals surface area (Å²) >= 11 is 7.15. The van der Waals surface area contributed by atoms with Crippen LogP contribution in [-0.2, 0) is 27.3 Å². The number of pyridine rings is 1. The summed E-state index contributed by atoms with van der Waals surface area (Å²) in [6.07, 6.45) is 2.20. The number of anilines is 1. The van der Waals surface area contributed by atoms with Crippen molar-refractivity contribution in [1.29, 1.82) is 0 Å². The van der Waals surface area contributed by atoms with Gasteiger partial charge in [0.05, 0.1) is 9.90 Å². The summed E-state index contributed by atoms with van der Waals surface area (Å²) in [5, 5.41) is 7.79. The predicted octanol–water partition coefficient (Wildman–Crippen LogP) is 0.726. The van der Waals surface area contributed by atoms with Gasteiger partial charge < -0.3 is 25.8 Å². The summed E-state index contributed by atoms with van der Waals surface area (Å²) in [7, 11) is 5.11. The number of likely N-dealkylation sites (N-methyl/N-ethyl adjacent to an activating group) is 2. The van der Waals surface area contributed by atoms with Crippen LogP contribution in [0.25, 0.3) is 0 Å².